The van der Waals surface area contributed by atoms with E-state index in [9.17, 15) is 8.42 Å². The standard InChI is InChI=1S/C9H18ClNO2S/c1-2-9-3-6-11(7-4-9)14(12,13)8-5-10/h9H,2-8H2,1H3. The SMILES string of the molecule is CCC1CCN(S(=O)(=O)CCCl)CC1. The summed E-state index contributed by atoms with van der Waals surface area (Å²) in [5.41, 5.74) is 0. The van der Waals surface area contributed by atoms with Crippen molar-refractivity contribution in [1.82, 2.24) is 4.31 Å². The molecule has 0 aliphatic carbocycles. The van der Waals surface area contributed by atoms with Crippen LogP contribution in [0.2, 0.25) is 0 Å². The van der Waals surface area contributed by atoms with Crippen molar-refractivity contribution in [2.75, 3.05) is 24.7 Å². The average Bonchev–Trinajstić information content (AvgIpc) is 2.18. The van der Waals surface area contributed by atoms with E-state index in [0.29, 0.717) is 19.0 Å². The molecule has 1 saturated heterocycles. The van der Waals surface area contributed by atoms with Crippen molar-refractivity contribution in [3.05, 3.63) is 0 Å². The molecule has 0 N–H and O–H groups in total. The molecule has 3 nitrogen and oxygen atoms in total. The maximum atomic E-state index is 11.6. The fourth-order valence-corrected chi connectivity index (χ4v) is 3.63. The third-order valence-electron chi connectivity index (χ3n) is 2.88. The van der Waals surface area contributed by atoms with Crippen LogP contribution in [-0.2, 0) is 10.0 Å². The Balaban J connectivity index is 2.49. The highest BCUT2D eigenvalue weighted by molar-refractivity contribution is 7.89. The normalized spacial score (nSPS) is 21.3. The minimum atomic E-state index is -3.06. The van der Waals surface area contributed by atoms with Crippen molar-refractivity contribution in [2.45, 2.75) is 26.2 Å². The topological polar surface area (TPSA) is 37.4 Å². The molecule has 0 unspecified atom stereocenters. The minimum absolute atomic E-state index is 0.0747. The fourth-order valence-electron chi connectivity index (χ4n) is 1.82. The van der Waals surface area contributed by atoms with E-state index in [1.807, 2.05) is 0 Å². The lowest BCUT2D eigenvalue weighted by Gasteiger charge is -2.30. The molecule has 1 rings (SSSR count). The van der Waals surface area contributed by atoms with Gasteiger partial charge < -0.3 is 0 Å². The van der Waals surface area contributed by atoms with Crippen LogP contribution < -0.4 is 0 Å². The minimum Gasteiger partial charge on any atom is -0.212 e. The summed E-state index contributed by atoms with van der Waals surface area (Å²) in [5.74, 6) is 0.971. The number of hydrogen-bond acceptors (Lipinski definition) is 2. The number of nitrogens with zero attached hydrogens (tertiary/aromatic N) is 1. The first-order valence-corrected chi connectivity index (χ1v) is 7.28. The van der Waals surface area contributed by atoms with Gasteiger partial charge in [-0.25, -0.2) is 12.7 Å². The maximum Gasteiger partial charge on any atom is 0.215 e. The van der Waals surface area contributed by atoms with Gasteiger partial charge in [-0.2, -0.15) is 0 Å². The van der Waals surface area contributed by atoms with E-state index in [4.69, 9.17) is 11.6 Å². The number of halogens is 1. The molecule has 0 aromatic heterocycles. The first-order chi connectivity index (χ1) is 6.60. The molecular formula is C9H18ClNO2S. The van der Waals surface area contributed by atoms with Gasteiger partial charge >= 0.3 is 0 Å². The van der Waals surface area contributed by atoms with Gasteiger partial charge in [-0.3, -0.25) is 0 Å². The second kappa shape index (κ2) is 5.33. The van der Waals surface area contributed by atoms with Crippen molar-refractivity contribution >= 4 is 21.6 Å². The van der Waals surface area contributed by atoms with Crippen LogP contribution in [0.3, 0.4) is 0 Å². The van der Waals surface area contributed by atoms with Gasteiger partial charge in [0, 0.05) is 19.0 Å². The molecule has 1 heterocycles. The van der Waals surface area contributed by atoms with Crippen LogP contribution >= 0.6 is 11.6 Å². The highest BCUT2D eigenvalue weighted by atomic mass is 35.5. The van der Waals surface area contributed by atoms with Crippen LogP contribution in [-0.4, -0.2) is 37.4 Å². The van der Waals surface area contributed by atoms with E-state index in [2.05, 4.69) is 6.92 Å². The van der Waals surface area contributed by atoms with Crippen LogP contribution in [0.25, 0.3) is 0 Å². The molecule has 0 radical (unpaired) electrons. The Kier molecular flexibility index (Phi) is 4.67. The van der Waals surface area contributed by atoms with E-state index in [0.717, 1.165) is 19.3 Å². The molecule has 1 fully saturated rings. The maximum absolute atomic E-state index is 11.6. The smallest absolute Gasteiger partial charge is 0.212 e. The number of sulfonamides is 1. The lowest BCUT2D eigenvalue weighted by Crippen LogP contribution is -2.39. The predicted octanol–water partition coefficient (Wildman–Crippen LogP) is 1.68. The van der Waals surface area contributed by atoms with Crippen LogP contribution in [0, 0.1) is 5.92 Å². The van der Waals surface area contributed by atoms with E-state index in [-0.39, 0.29) is 11.6 Å². The molecule has 84 valence electrons. The van der Waals surface area contributed by atoms with Crippen molar-refractivity contribution in [3.63, 3.8) is 0 Å². The second-order valence-corrected chi connectivity index (χ2v) is 6.22. The summed E-state index contributed by atoms with van der Waals surface area (Å²) in [7, 11) is -3.06. The Morgan fingerprint density at radius 1 is 1.36 bits per heavy atom. The Labute approximate surface area is 91.5 Å². The van der Waals surface area contributed by atoms with Crippen LogP contribution in [0.1, 0.15) is 26.2 Å². The molecule has 0 spiro atoms. The van der Waals surface area contributed by atoms with E-state index in [1.54, 1.807) is 4.31 Å². The van der Waals surface area contributed by atoms with Crippen LogP contribution in [0.4, 0.5) is 0 Å². The van der Waals surface area contributed by atoms with Gasteiger partial charge in [0.25, 0.3) is 0 Å². The molecule has 5 heteroatoms. The van der Waals surface area contributed by atoms with Crippen LogP contribution in [0.5, 0.6) is 0 Å². The summed E-state index contributed by atoms with van der Waals surface area (Å²) in [6.45, 7) is 3.52. The molecule has 0 bridgehead atoms. The molecule has 0 saturated carbocycles. The summed E-state index contributed by atoms with van der Waals surface area (Å²) < 4.78 is 24.8. The van der Waals surface area contributed by atoms with Crippen molar-refractivity contribution < 1.29 is 8.42 Å². The third-order valence-corrected chi connectivity index (χ3v) is 5.16. The van der Waals surface area contributed by atoms with E-state index < -0.39 is 10.0 Å². The molecule has 0 atom stereocenters. The van der Waals surface area contributed by atoms with Crippen molar-refractivity contribution in [1.29, 1.82) is 0 Å². The zero-order chi connectivity index (χ0) is 10.6. The zero-order valence-electron chi connectivity index (χ0n) is 8.58. The zero-order valence-corrected chi connectivity index (χ0v) is 10.1. The predicted molar refractivity (Wildman–Crippen MR) is 59.1 cm³/mol. The number of alkyl halides is 1. The molecule has 1 aliphatic heterocycles. The summed E-state index contributed by atoms with van der Waals surface area (Å²) >= 11 is 5.46. The van der Waals surface area contributed by atoms with Crippen LogP contribution in [0.15, 0.2) is 0 Å². The van der Waals surface area contributed by atoms with Crippen molar-refractivity contribution in [3.8, 4) is 0 Å². The van der Waals surface area contributed by atoms with Gasteiger partial charge in [0.05, 0.1) is 5.75 Å². The van der Waals surface area contributed by atoms with E-state index in [1.165, 1.54) is 0 Å². The highest BCUT2D eigenvalue weighted by Crippen LogP contribution is 2.21. The molecule has 0 aromatic carbocycles. The Bertz CT molecular complexity index is 258. The summed E-state index contributed by atoms with van der Waals surface area (Å²) in [5, 5.41) is 0. The Hall–Kier alpha value is 0.200. The monoisotopic (exact) mass is 239 g/mol. The fraction of sp³-hybridized carbons (Fsp3) is 1.00. The van der Waals surface area contributed by atoms with Gasteiger partial charge in [0.15, 0.2) is 0 Å². The largest absolute Gasteiger partial charge is 0.215 e. The quantitative estimate of drug-likeness (QED) is 0.700. The van der Waals surface area contributed by atoms with Gasteiger partial charge in [0.1, 0.15) is 0 Å². The van der Waals surface area contributed by atoms with Gasteiger partial charge in [-0.05, 0) is 18.8 Å². The Morgan fingerprint density at radius 3 is 2.36 bits per heavy atom. The summed E-state index contributed by atoms with van der Waals surface area (Å²) in [6, 6.07) is 0. The third kappa shape index (κ3) is 3.11. The first-order valence-electron chi connectivity index (χ1n) is 5.14. The van der Waals surface area contributed by atoms with Gasteiger partial charge in [-0.1, -0.05) is 13.3 Å². The second-order valence-electron chi connectivity index (χ2n) is 3.76. The molecule has 0 amide bonds. The lowest BCUT2D eigenvalue weighted by atomic mass is 9.96. The average molecular weight is 240 g/mol. The number of hydrogen-bond donors (Lipinski definition) is 0. The lowest BCUT2D eigenvalue weighted by molar-refractivity contribution is 0.269. The number of piperidine rings is 1. The van der Waals surface area contributed by atoms with Gasteiger partial charge in [-0.15, -0.1) is 11.6 Å². The Morgan fingerprint density at radius 2 is 1.93 bits per heavy atom. The molecule has 1 aliphatic rings. The summed E-state index contributed by atoms with van der Waals surface area (Å²) in [4.78, 5) is 0. The molecule has 14 heavy (non-hydrogen) atoms. The highest BCUT2D eigenvalue weighted by Gasteiger charge is 2.26. The van der Waals surface area contributed by atoms with Crippen molar-refractivity contribution in [2.24, 2.45) is 5.92 Å². The number of rotatable bonds is 4. The molecular weight excluding hydrogens is 222 g/mol. The molecule has 0 aromatic rings. The van der Waals surface area contributed by atoms with Gasteiger partial charge in [0.2, 0.25) is 10.0 Å². The van der Waals surface area contributed by atoms with E-state index >= 15 is 0 Å². The first kappa shape index (κ1) is 12.3. The summed E-state index contributed by atoms with van der Waals surface area (Å²) in [6.07, 6.45) is 3.15.